The van der Waals surface area contributed by atoms with Crippen LogP contribution in [0.4, 0.5) is 16.5 Å². The second kappa shape index (κ2) is 8.33. The maximum atomic E-state index is 12.3. The van der Waals surface area contributed by atoms with Crippen molar-refractivity contribution in [3.05, 3.63) is 59.7 Å². The molecule has 5 nitrogen and oxygen atoms in total. The lowest BCUT2D eigenvalue weighted by molar-refractivity contribution is -0.115. The molecule has 3 rings (SSSR count). The highest BCUT2D eigenvalue weighted by Gasteiger charge is 2.17. The number of nitrogens with zero attached hydrogens (tertiary/aromatic N) is 2. The number of nitrogens with one attached hydrogen (secondary N) is 2. The van der Waals surface area contributed by atoms with E-state index in [4.69, 9.17) is 0 Å². The van der Waals surface area contributed by atoms with E-state index in [1.54, 1.807) is 0 Å². The van der Waals surface area contributed by atoms with Gasteiger partial charge in [-0.05, 0) is 45.0 Å². The molecule has 2 aromatic carbocycles. The first-order valence-electron chi connectivity index (χ1n) is 8.21. The van der Waals surface area contributed by atoms with E-state index in [-0.39, 0.29) is 11.2 Å². The summed E-state index contributed by atoms with van der Waals surface area (Å²) in [6.45, 7) is 5.93. The average molecular weight is 385 g/mol. The molecule has 0 unspecified atom stereocenters. The van der Waals surface area contributed by atoms with E-state index in [1.165, 1.54) is 28.7 Å². The molecule has 1 heterocycles. The van der Waals surface area contributed by atoms with Crippen molar-refractivity contribution in [3.8, 4) is 0 Å². The van der Waals surface area contributed by atoms with Crippen LogP contribution in [0.25, 0.3) is 0 Å². The molecule has 0 aliphatic carbocycles. The predicted molar refractivity (Wildman–Crippen MR) is 109 cm³/mol. The summed E-state index contributed by atoms with van der Waals surface area (Å²) in [5.41, 5.74) is 4.13. The molecular weight excluding hydrogens is 364 g/mol. The topological polar surface area (TPSA) is 66.9 Å². The van der Waals surface area contributed by atoms with Crippen molar-refractivity contribution in [2.45, 2.75) is 30.4 Å². The molecule has 0 fully saturated rings. The van der Waals surface area contributed by atoms with Gasteiger partial charge in [0.1, 0.15) is 0 Å². The summed E-state index contributed by atoms with van der Waals surface area (Å²) in [4.78, 5) is 12.3. The van der Waals surface area contributed by atoms with E-state index in [9.17, 15) is 4.79 Å². The minimum atomic E-state index is -0.267. The molecule has 0 saturated heterocycles. The summed E-state index contributed by atoms with van der Waals surface area (Å²) in [5.74, 6) is -0.0536. The molecule has 0 spiro atoms. The van der Waals surface area contributed by atoms with Gasteiger partial charge in [0.15, 0.2) is 4.34 Å². The van der Waals surface area contributed by atoms with Crippen LogP contribution in [0.1, 0.15) is 18.1 Å². The molecule has 2 N–H and O–H groups in total. The van der Waals surface area contributed by atoms with Crippen molar-refractivity contribution in [2.75, 3.05) is 10.6 Å². The van der Waals surface area contributed by atoms with E-state index < -0.39 is 0 Å². The summed E-state index contributed by atoms with van der Waals surface area (Å²) in [5, 5.41) is 14.9. The molecule has 3 aromatic rings. The highest BCUT2D eigenvalue weighted by molar-refractivity contribution is 8.02. The Labute approximate surface area is 161 Å². The third kappa shape index (κ3) is 5.06. The smallest absolute Gasteiger partial charge is 0.237 e. The van der Waals surface area contributed by atoms with Crippen LogP contribution < -0.4 is 10.6 Å². The Morgan fingerprint density at radius 1 is 0.962 bits per heavy atom. The predicted octanol–water partition coefficient (Wildman–Crippen LogP) is 5.02. The normalized spacial score (nSPS) is 11.8. The minimum Gasteiger partial charge on any atom is -0.330 e. The van der Waals surface area contributed by atoms with E-state index in [2.05, 4.69) is 20.8 Å². The fourth-order valence-electron chi connectivity index (χ4n) is 2.15. The van der Waals surface area contributed by atoms with Gasteiger partial charge in [-0.25, -0.2) is 0 Å². The zero-order chi connectivity index (χ0) is 18.5. The first kappa shape index (κ1) is 18.4. The monoisotopic (exact) mass is 384 g/mol. The van der Waals surface area contributed by atoms with Crippen LogP contribution in [0.2, 0.25) is 0 Å². The molecule has 0 saturated carbocycles. The van der Waals surface area contributed by atoms with Gasteiger partial charge in [-0.1, -0.05) is 58.5 Å². The van der Waals surface area contributed by atoms with E-state index in [1.807, 2.05) is 69.3 Å². The number of carbonyl (C=O) groups excluding carboxylic acids is 1. The Kier molecular flexibility index (Phi) is 5.90. The Hall–Kier alpha value is -2.38. The third-order valence-corrected chi connectivity index (χ3v) is 5.70. The molecule has 0 aliphatic rings. The van der Waals surface area contributed by atoms with Crippen LogP contribution in [-0.4, -0.2) is 21.4 Å². The number of carbonyl (C=O) groups is 1. The zero-order valence-electron chi connectivity index (χ0n) is 14.8. The molecular formula is C19H20N4OS2. The summed E-state index contributed by atoms with van der Waals surface area (Å²) >= 11 is 2.84. The second-order valence-electron chi connectivity index (χ2n) is 5.98. The van der Waals surface area contributed by atoms with Crippen molar-refractivity contribution < 1.29 is 4.79 Å². The van der Waals surface area contributed by atoms with Gasteiger partial charge in [0, 0.05) is 11.4 Å². The fourth-order valence-corrected chi connectivity index (χ4v) is 4.07. The average Bonchev–Trinajstić information content (AvgIpc) is 3.06. The third-order valence-electron chi connectivity index (χ3n) is 3.68. The summed E-state index contributed by atoms with van der Waals surface area (Å²) in [6.07, 6.45) is 0. The van der Waals surface area contributed by atoms with Crippen LogP contribution >= 0.6 is 23.1 Å². The largest absolute Gasteiger partial charge is 0.330 e. The number of anilines is 3. The van der Waals surface area contributed by atoms with Crippen molar-refractivity contribution in [3.63, 3.8) is 0 Å². The first-order chi connectivity index (χ1) is 12.5. The Morgan fingerprint density at radius 3 is 2.15 bits per heavy atom. The van der Waals surface area contributed by atoms with E-state index in [0.29, 0.717) is 5.13 Å². The SMILES string of the molecule is Cc1ccc(NC(=O)[C@@H](C)Sc2nnc(Nc3ccc(C)cc3)s2)cc1. The lowest BCUT2D eigenvalue weighted by Crippen LogP contribution is -2.22. The molecule has 26 heavy (non-hydrogen) atoms. The summed E-state index contributed by atoms with van der Waals surface area (Å²) in [7, 11) is 0. The number of aryl methyl sites for hydroxylation is 2. The molecule has 0 aliphatic heterocycles. The molecule has 0 radical (unpaired) electrons. The van der Waals surface area contributed by atoms with Gasteiger partial charge in [0.25, 0.3) is 0 Å². The van der Waals surface area contributed by atoms with Crippen LogP contribution in [0.15, 0.2) is 52.9 Å². The molecule has 0 bridgehead atoms. The van der Waals surface area contributed by atoms with E-state index >= 15 is 0 Å². The Morgan fingerprint density at radius 2 is 1.54 bits per heavy atom. The quantitative estimate of drug-likeness (QED) is 0.584. The lowest BCUT2D eigenvalue weighted by Gasteiger charge is -2.10. The van der Waals surface area contributed by atoms with Crippen LogP contribution in [0, 0.1) is 13.8 Å². The molecule has 1 amide bonds. The second-order valence-corrected chi connectivity index (χ2v) is 8.54. The van der Waals surface area contributed by atoms with Crippen molar-refractivity contribution in [1.29, 1.82) is 0 Å². The maximum Gasteiger partial charge on any atom is 0.237 e. The van der Waals surface area contributed by atoms with Crippen LogP contribution in [0.5, 0.6) is 0 Å². The fraction of sp³-hybridized carbons (Fsp3) is 0.211. The molecule has 1 atom stereocenters. The number of hydrogen-bond donors (Lipinski definition) is 2. The minimum absolute atomic E-state index is 0.0536. The highest BCUT2D eigenvalue weighted by Crippen LogP contribution is 2.30. The van der Waals surface area contributed by atoms with Gasteiger partial charge in [-0.2, -0.15) is 0 Å². The van der Waals surface area contributed by atoms with Crippen molar-refractivity contribution in [2.24, 2.45) is 0 Å². The number of benzene rings is 2. The van der Waals surface area contributed by atoms with Gasteiger partial charge >= 0.3 is 0 Å². The highest BCUT2D eigenvalue weighted by atomic mass is 32.2. The first-order valence-corrected chi connectivity index (χ1v) is 9.90. The van der Waals surface area contributed by atoms with E-state index in [0.717, 1.165) is 21.3 Å². The van der Waals surface area contributed by atoms with Crippen molar-refractivity contribution in [1.82, 2.24) is 10.2 Å². The number of aromatic nitrogens is 2. The molecule has 1 aromatic heterocycles. The molecule has 134 valence electrons. The van der Waals surface area contributed by atoms with Gasteiger partial charge in [0.05, 0.1) is 5.25 Å². The number of rotatable bonds is 6. The van der Waals surface area contributed by atoms with Gasteiger partial charge < -0.3 is 10.6 Å². The Balaban J connectivity index is 1.56. The summed E-state index contributed by atoms with van der Waals surface area (Å²) in [6, 6.07) is 15.8. The number of thioether (sulfide) groups is 1. The summed E-state index contributed by atoms with van der Waals surface area (Å²) < 4.78 is 0.756. The zero-order valence-corrected chi connectivity index (χ0v) is 16.4. The van der Waals surface area contributed by atoms with Crippen LogP contribution in [-0.2, 0) is 4.79 Å². The lowest BCUT2D eigenvalue weighted by atomic mass is 10.2. The number of amides is 1. The standard InChI is InChI=1S/C19H20N4OS2/c1-12-4-8-15(9-5-12)20-17(24)14(3)25-19-23-22-18(26-19)21-16-10-6-13(2)7-11-16/h4-11,14H,1-3H3,(H,20,24)(H,21,22)/t14-/m1/s1. The maximum absolute atomic E-state index is 12.3. The Bertz CT molecular complexity index is 875. The number of hydrogen-bond acceptors (Lipinski definition) is 6. The van der Waals surface area contributed by atoms with Gasteiger partial charge in [0.2, 0.25) is 11.0 Å². The van der Waals surface area contributed by atoms with Gasteiger partial charge in [-0.3, -0.25) is 4.79 Å². The van der Waals surface area contributed by atoms with Gasteiger partial charge in [-0.15, -0.1) is 10.2 Å². The van der Waals surface area contributed by atoms with Crippen molar-refractivity contribution >= 4 is 45.5 Å². The van der Waals surface area contributed by atoms with Crippen LogP contribution in [0.3, 0.4) is 0 Å². The molecule has 7 heteroatoms.